The number of carbonyl (C=O) groups excluding carboxylic acids is 3. The molecule has 0 aliphatic heterocycles. The van der Waals surface area contributed by atoms with E-state index in [9.17, 15) is 14.4 Å². The maximum Gasteiger partial charge on any atom is 0.306 e. The first kappa shape index (κ1) is 72.1. The molecule has 0 N–H and O–H groups in total. The minimum absolute atomic E-state index is 0.0798. The van der Waals surface area contributed by atoms with Crippen LogP contribution in [0.1, 0.15) is 342 Å². The maximum absolute atomic E-state index is 12.9. The number of hydrogen-bond acceptors (Lipinski definition) is 6. The van der Waals surface area contributed by atoms with E-state index in [1.165, 1.54) is 218 Å². The summed E-state index contributed by atoms with van der Waals surface area (Å²) in [5, 5.41) is 0. The Morgan fingerprint density at radius 1 is 0.267 bits per heavy atom. The average molecular weight is 1050 g/mol. The van der Waals surface area contributed by atoms with Gasteiger partial charge in [0.1, 0.15) is 13.2 Å². The average Bonchev–Trinajstić information content (AvgIpc) is 3.41. The third-order valence-corrected chi connectivity index (χ3v) is 14.5. The van der Waals surface area contributed by atoms with Gasteiger partial charge in [-0.05, 0) is 109 Å². The summed E-state index contributed by atoms with van der Waals surface area (Å²) in [5.41, 5.74) is 0. The van der Waals surface area contributed by atoms with E-state index < -0.39 is 6.10 Å². The highest BCUT2D eigenvalue weighted by Gasteiger charge is 2.19. The zero-order chi connectivity index (χ0) is 54.3. The summed E-state index contributed by atoms with van der Waals surface area (Å²) in [6, 6.07) is 0. The number of esters is 3. The largest absolute Gasteiger partial charge is 0.462 e. The van der Waals surface area contributed by atoms with Gasteiger partial charge in [0, 0.05) is 19.3 Å². The van der Waals surface area contributed by atoms with Gasteiger partial charge in [-0.3, -0.25) is 14.4 Å². The molecule has 1 unspecified atom stereocenters. The first-order valence-corrected chi connectivity index (χ1v) is 32.8. The Hall–Kier alpha value is -2.89. The number of allylic oxidation sites excluding steroid dienone is 10. The van der Waals surface area contributed by atoms with Gasteiger partial charge in [0.2, 0.25) is 0 Å². The van der Waals surface area contributed by atoms with Gasteiger partial charge in [-0.15, -0.1) is 0 Å². The Bertz CT molecular complexity index is 1340. The van der Waals surface area contributed by atoms with Crippen LogP contribution in [0.25, 0.3) is 0 Å². The van der Waals surface area contributed by atoms with E-state index in [1.807, 2.05) is 0 Å². The van der Waals surface area contributed by atoms with E-state index in [0.717, 1.165) is 83.5 Å². The van der Waals surface area contributed by atoms with Crippen molar-refractivity contribution in [2.75, 3.05) is 13.2 Å². The van der Waals surface area contributed by atoms with Crippen LogP contribution in [0.15, 0.2) is 60.8 Å². The van der Waals surface area contributed by atoms with Crippen LogP contribution in [-0.4, -0.2) is 37.2 Å². The summed E-state index contributed by atoms with van der Waals surface area (Å²) >= 11 is 0. The Balaban J connectivity index is 4.35. The van der Waals surface area contributed by atoms with Crippen LogP contribution in [0.2, 0.25) is 0 Å². The lowest BCUT2D eigenvalue weighted by Gasteiger charge is -2.18. The van der Waals surface area contributed by atoms with E-state index in [-0.39, 0.29) is 31.1 Å². The summed E-state index contributed by atoms with van der Waals surface area (Å²) in [5.74, 6) is -0.882. The topological polar surface area (TPSA) is 78.9 Å². The highest BCUT2D eigenvalue weighted by atomic mass is 16.6. The molecule has 0 radical (unpaired) electrons. The van der Waals surface area contributed by atoms with Crippen molar-refractivity contribution in [3.8, 4) is 0 Å². The smallest absolute Gasteiger partial charge is 0.306 e. The second-order valence-corrected chi connectivity index (χ2v) is 22.0. The zero-order valence-electron chi connectivity index (χ0n) is 50.1. The summed E-state index contributed by atoms with van der Waals surface area (Å²) < 4.78 is 16.9. The molecule has 0 saturated heterocycles. The van der Waals surface area contributed by atoms with E-state index in [1.54, 1.807) is 0 Å². The molecule has 0 aliphatic rings. The normalized spacial score (nSPS) is 12.4. The van der Waals surface area contributed by atoms with Crippen molar-refractivity contribution in [2.24, 2.45) is 0 Å². The summed E-state index contributed by atoms with van der Waals surface area (Å²) in [6.07, 6.45) is 80.8. The highest BCUT2D eigenvalue weighted by Crippen LogP contribution is 2.16. The molecule has 0 saturated carbocycles. The van der Waals surface area contributed by atoms with Gasteiger partial charge in [-0.1, -0.05) is 274 Å². The van der Waals surface area contributed by atoms with Crippen LogP contribution < -0.4 is 0 Å². The van der Waals surface area contributed by atoms with E-state index >= 15 is 0 Å². The van der Waals surface area contributed by atoms with Crippen molar-refractivity contribution in [3.63, 3.8) is 0 Å². The molecule has 1 atom stereocenters. The molecule has 0 aromatic rings. The van der Waals surface area contributed by atoms with Crippen molar-refractivity contribution in [1.82, 2.24) is 0 Å². The van der Waals surface area contributed by atoms with Crippen molar-refractivity contribution < 1.29 is 28.6 Å². The third-order valence-electron chi connectivity index (χ3n) is 14.5. The predicted molar refractivity (Wildman–Crippen MR) is 325 cm³/mol. The van der Waals surface area contributed by atoms with Crippen molar-refractivity contribution in [1.29, 1.82) is 0 Å². The van der Waals surface area contributed by atoms with Crippen molar-refractivity contribution in [3.05, 3.63) is 60.8 Å². The monoisotopic (exact) mass is 1050 g/mol. The molecule has 75 heavy (non-hydrogen) atoms. The number of unbranched alkanes of at least 4 members (excludes halogenated alkanes) is 39. The predicted octanol–water partition coefficient (Wildman–Crippen LogP) is 22.3. The molecule has 0 fully saturated rings. The molecule has 0 bridgehead atoms. The Labute approximate surface area is 466 Å². The second-order valence-electron chi connectivity index (χ2n) is 22.0. The first-order chi connectivity index (χ1) is 37.0. The van der Waals surface area contributed by atoms with Gasteiger partial charge >= 0.3 is 17.9 Å². The second kappa shape index (κ2) is 63.6. The fraction of sp³-hybridized carbons (Fsp3) is 0.812. The molecule has 0 heterocycles. The molecule has 6 heteroatoms. The Kier molecular flexibility index (Phi) is 61.2. The van der Waals surface area contributed by atoms with Crippen LogP contribution >= 0.6 is 0 Å². The van der Waals surface area contributed by atoms with Crippen LogP contribution in [0.4, 0.5) is 0 Å². The van der Waals surface area contributed by atoms with E-state index in [4.69, 9.17) is 14.2 Å². The highest BCUT2D eigenvalue weighted by molar-refractivity contribution is 5.71. The minimum Gasteiger partial charge on any atom is -0.462 e. The Morgan fingerprint density at radius 2 is 0.480 bits per heavy atom. The minimum atomic E-state index is -0.784. The standard InChI is InChI=1S/C69H124O6/c1-4-7-10-13-16-19-22-25-28-31-33-34-35-36-37-39-41-44-47-50-53-56-59-62-68(71)74-65-66(64-73-67(70)61-58-55-52-49-46-43-40-30-27-24-21-18-15-12-9-6-3)75-69(72)63-60-57-54-51-48-45-42-38-32-29-26-23-20-17-14-11-8-5-2/h21-22,24-25,29-33,40,66H,4-20,23,26-28,34-39,41-65H2,1-3H3/b24-21-,25-22-,32-29-,33-31-,40-30-. The number of carbonyl (C=O) groups is 3. The van der Waals surface area contributed by atoms with Crippen molar-refractivity contribution in [2.45, 2.75) is 348 Å². The number of rotatable bonds is 60. The molecule has 436 valence electrons. The van der Waals surface area contributed by atoms with Gasteiger partial charge in [0.25, 0.3) is 0 Å². The lowest BCUT2D eigenvalue weighted by atomic mass is 10.0. The number of ether oxygens (including phenoxy) is 3. The van der Waals surface area contributed by atoms with Gasteiger partial charge < -0.3 is 14.2 Å². The summed E-state index contributed by atoms with van der Waals surface area (Å²) in [6.45, 7) is 6.64. The van der Waals surface area contributed by atoms with Crippen LogP contribution in [0, 0.1) is 0 Å². The number of hydrogen-bond donors (Lipinski definition) is 0. The molecule has 0 aromatic heterocycles. The lowest BCUT2D eigenvalue weighted by molar-refractivity contribution is -0.167. The quantitative estimate of drug-likeness (QED) is 0.0261. The van der Waals surface area contributed by atoms with E-state index in [0.29, 0.717) is 19.3 Å². The molecular weight excluding hydrogens is 925 g/mol. The molecule has 6 nitrogen and oxygen atoms in total. The van der Waals surface area contributed by atoms with Crippen LogP contribution in [0.3, 0.4) is 0 Å². The lowest BCUT2D eigenvalue weighted by Crippen LogP contribution is -2.30. The molecule has 0 spiro atoms. The summed E-state index contributed by atoms with van der Waals surface area (Å²) in [4.78, 5) is 38.3. The third kappa shape index (κ3) is 61.8. The summed E-state index contributed by atoms with van der Waals surface area (Å²) in [7, 11) is 0. The molecule has 0 amide bonds. The molecule has 0 aromatic carbocycles. The van der Waals surface area contributed by atoms with Gasteiger partial charge in [0.05, 0.1) is 0 Å². The zero-order valence-corrected chi connectivity index (χ0v) is 50.1. The first-order valence-electron chi connectivity index (χ1n) is 32.8. The van der Waals surface area contributed by atoms with Crippen LogP contribution in [-0.2, 0) is 28.6 Å². The van der Waals surface area contributed by atoms with Crippen molar-refractivity contribution >= 4 is 17.9 Å². The van der Waals surface area contributed by atoms with Gasteiger partial charge in [-0.2, -0.15) is 0 Å². The van der Waals surface area contributed by atoms with Gasteiger partial charge in [-0.25, -0.2) is 0 Å². The fourth-order valence-electron chi connectivity index (χ4n) is 9.50. The maximum atomic E-state index is 12.9. The Morgan fingerprint density at radius 3 is 0.760 bits per heavy atom. The molecular formula is C69H124O6. The van der Waals surface area contributed by atoms with Crippen LogP contribution in [0.5, 0.6) is 0 Å². The van der Waals surface area contributed by atoms with E-state index in [2.05, 4.69) is 81.5 Å². The molecule has 0 rings (SSSR count). The SMILES string of the molecule is CCCCCC/C=C\C/C=C\CCCCCCCC(=O)OCC(COC(=O)CCCCCCCCCCCCC/C=C\C/C=C\CCCCCCC)OC(=O)CCCCCCCCC/C=C\CCCCCCCCC. The van der Waals surface area contributed by atoms with Gasteiger partial charge in [0.15, 0.2) is 6.10 Å². The fourth-order valence-corrected chi connectivity index (χ4v) is 9.50. The molecule has 0 aliphatic carbocycles.